The van der Waals surface area contributed by atoms with Crippen molar-refractivity contribution in [1.82, 2.24) is 10.2 Å². The third-order valence-electron chi connectivity index (χ3n) is 2.15. The van der Waals surface area contributed by atoms with Crippen LogP contribution < -0.4 is 0 Å². The van der Waals surface area contributed by atoms with Gasteiger partial charge in [-0.2, -0.15) is 5.10 Å². The molecule has 1 aromatic carbocycles. The molecule has 0 amide bonds. The molecule has 3 nitrogen and oxygen atoms in total. The third kappa shape index (κ3) is 2.33. The molecule has 1 heterocycles. The normalized spacial score (nSPS) is 12.6. The number of benzene rings is 1. The number of H-pyrrole nitrogens is 1. The van der Waals surface area contributed by atoms with E-state index in [0.717, 1.165) is 10.6 Å². The van der Waals surface area contributed by atoms with Gasteiger partial charge in [-0.05, 0) is 19.1 Å². The number of para-hydroxylation sites is 1. The third-order valence-corrected chi connectivity index (χ3v) is 3.24. The molecule has 1 unspecified atom stereocenters. The van der Waals surface area contributed by atoms with Gasteiger partial charge in [0.25, 0.3) is 0 Å². The van der Waals surface area contributed by atoms with E-state index in [-0.39, 0.29) is 5.25 Å². The number of aromatic hydroxyl groups is 1. The zero-order valence-electron chi connectivity index (χ0n) is 8.34. The number of aromatic nitrogens is 2. The molecule has 0 aliphatic carbocycles. The summed E-state index contributed by atoms with van der Waals surface area (Å²) in [4.78, 5) is 0. The maximum Gasteiger partial charge on any atom is 0.119 e. The highest BCUT2D eigenvalue weighted by atomic mass is 32.2. The minimum atomic E-state index is 0.201. The molecule has 78 valence electrons. The van der Waals surface area contributed by atoms with E-state index in [9.17, 15) is 5.11 Å². The van der Waals surface area contributed by atoms with Crippen molar-refractivity contribution < 1.29 is 5.11 Å². The molecule has 0 bridgehead atoms. The van der Waals surface area contributed by atoms with E-state index in [2.05, 4.69) is 17.1 Å². The van der Waals surface area contributed by atoms with Crippen molar-refractivity contribution >= 4 is 11.8 Å². The quantitative estimate of drug-likeness (QED) is 0.782. The summed E-state index contributed by atoms with van der Waals surface area (Å²) in [6.45, 7) is 2.06. The zero-order chi connectivity index (χ0) is 10.7. The minimum Gasteiger partial charge on any atom is -0.508 e. The van der Waals surface area contributed by atoms with Crippen LogP contribution in [0.1, 0.15) is 17.7 Å². The van der Waals surface area contributed by atoms with Crippen molar-refractivity contribution in [2.75, 3.05) is 0 Å². The average Bonchev–Trinajstić information content (AvgIpc) is 2.71. The first-order valence-electron chi connectivity index (χ1n) is 4.71. The Morgan fingerprint density at radius 1 is 1.33 bits per heavy atom. The second kappa shape index (κ2) is 4.40. The van der Waals surface area contributed by atoms with Gasteiger partial charge in [-0.3, -0.25) is 5.10 Å². The molecule has 0 saturated heterocycles. The highest BCUT2D eigenvalue weighted by molar-refractivity contribution is 7.99. The van der Waals surface area contributed by atoms with E-state index in [0.29, 0.717) is 5.75 Å². The van der Waals surface area contributed by atoms with Crippen LogP contribution >= 0.6 is 11.8 Å². The number of rotatable bonds is 3. The first-order valence-corrected chi connectivity index (χ1v) is 5.59. The monoisotopic (exact) mass is 220 g/mol. The highest BCUT2D eigenvalue weighted by Crippen LogP contribution is 2.37. The van der Waals surface area contributed by atoms with Gasteiger partial charge in [-0.1, -0.05) is 30.0 Å². The van der Waals surface area contributed by atoms with E-state index in [1.165, 1.54) is 0 Å². The van der Waals surface area contributed by atoms with Crippen LogP contribution in [0.5, 0.6) is 5.75 Å². The largest absolute Gasteiger partial charge is 0.508 e. The van der Waals surface area contributed by atoms with Crippen LogP contribution in [-0.4, -0.2) is 15.3 Å². The summed E-state index contributed by atoms with van der Waals surface area (Å²) < 4.78 is 0. The van der Waals surface area contributed by atoms with Crippen molar-refractivity contribution in [3.8, 4) is 5.75 Å². The van der Waals surface area contributed by atoms with Crippen LogP contribution in [-0.2, 0) is 0 Å². The second-order valence-electron chi connectivity index (χ2n) is 3.24. The Hall–Kier alpha value is -1.42. The van der Waals surface area contributed by atoms with Crippen molar-refractivity contribution in [3.63, 3.8) is 0 Å². The molecular weight excluding hydrogens is 208 g/mol. The van der Waals surface area contributed by atoms with Crippen molar-refractivity contribution in [2.24, 2.45) is 0 Å². The average molecular weight is 220 g/mol. The molecule has 0 fully saturated rings. The van der Waals surface area contributed by atoms with E-state index >= 15 is 0 Å². The van der Waals surface area contributed by atoms with Gasteiger partial charge < -0.3 is 5.11 Å². The summed E-state index contributed by atoms with van der Waals surface area (Å²) in [6, 6.07) is 9.31. The number of phenolic OH excluding ortho intramolecular Hbond substituents is 1. The van der Waals surface area contributed by atoms with E-state index in [1.807, 2.05) is 24.3 Å². The molecule has 0 saturated carbocycles. The Labute approximate surface area is 92.5 Å². The van der Waals surface area contributed by atoms with Crippen LogP contribution in [0.3, 0.4) is 0 Å². The van der Waals surface area contributed by atoms with Gasteiger partial charge in [-0.15, -0.1) is 0 Å². The fourth-order valence-electron chi connectivity index (χ4n) is 1.39. The Morgan fingerprint density at radius 3 is 2.80 bits per heavy atom. The predicted molar refractivity (Wildman–Crippen MR) is 61.0 cm³/mol. The molecule has 2 aromatic rings. The summed E-state index contributed by atoms with van der Waals surface area (Å²) in [7, 11) is 0. The van der Waals surface area contributed by atoms with Crippen molar-refractivity contribution in [1.29, 1.82) is 0 Å². The van der Waals surface area contributed by atoms with Gasteiger partial charge in [0.15, 0.2) is 0 Å². The Kier molecular flexibility index (Phi) is 2.97. The number of hydrogen-bond donors (Lipinski definition) is 2. The first kappa shape index (κ1) is 10.1. The number of phenols is 1. The lowest BCUT2D eigenvalue weighted by molar-refractivity contribution is 0.468. The lowest BCUT2D eigenvalue weighted by atomic mass is 10.1. The van der Waals surface area contributed by atoms with Gasteiger partial charge in [0.05, 0.1) is 5.03 Å². The Bertz CT molecular complexity index is 428. The lowest BCUT2D eigenvalue weighted by Crippen LogP contribution is -1.88. The molecule has 1 atom stereocenters. The van der Waals surface area contributed by atoms with Crippen LogP contribution in [0.15, 0.2) is 41.6 Å². The van der Waals surface area contributed by atoms with Crippen LogP contribution in [0, 0.1) is 0 Å². The summed E-state index contributed by atoms with van der Waals surface area (Å²) in [6.07, 6.45) is 1.72. The van der Waals surface area contributed by atoms with E-state index in [4.69, 9.17) is 0 Å². The van der Waals surface area contributed by atoms with Crippen molar-refractivity contribution in [2.45, 2.75) is 17.2 Å². The highest BCUT2D eigenvalue weighted by Gasteiger charge is 2.11. The number of aromatic amines is 1. The molecule has 2 N–H and O–H groups in total. The van der Waals surface area contributed by atoms with Gasteiger partial charge in [0.2, 0.25) is 0 Å². The fraction of sp³-hybridized carbons (Fsp3) is 0.182. The number of nitrogens with one attached hydrogen (secondary N) is 1. The molecule has 2 rings (SSSR count). The summed E-state index contributed by atoms with van der Waals surface area (Å²) in [5.41, 5.74) is 0.942. The maximum atomic E-state index is 9.67. The molecule has 4 heteroatoms. The molecule has 0 radical (unpaired) electrons. The molecule has 0 aliphatic rings. The molecule has 0 spiro atoms. The van der Waals surface area contributed by atoms with Crippen LogP contribution in [0.25, 0.3) is 0 Å². The lowest BCUT2D eigenvalue weighted by Gasteiger charge is -2.11. The topological polar surface area (TPSA) is 48.9 Å². The summed E-state index contributed by atoms with van der Waals surface area (Å²) >= 11 is 1.64. The summed E-state index contributed by atoms with van der Waals surface area (Å²) in [5.74, 6) is 0.344. The zero-order valence-corrected chi connectivity index (χ0v) is 9.16. The molecule has 0 aliphatic heterocycles. The van der Waals surface area contributed by atoms with Crippen LogP contribution in [0.4, 0.5) is 0 Å². The second-order valence-corrected chi connectivity index (χ2v) is 4.62. The Balaban J connectivity index is 2.15. The van der Waals surface area contributed by atoms with Gasteiger partial charge in [-0.25, -0.2) is 0 Å². The SMILES string of the molecule is CC(Sc1ccn[nH]1)c1ccccc1O. The fourth-order valence-corrected chi connectivity index (χ4v) is 2.35. The van der Waals surface area contributed by atoms with Crippen LogP contribution in [0.2, 0.25) is 0 Å². The maximum absolute atomic E-state index is 9.67. The first-order chi connectivity index (χ1) is 7.27. The summed E-state index contributed by atoms with van der Waals surface area (Å²) in [5, 5.41) is 17.6. The minimum absolute atomic E-state index is 0.201. The number of nitrogens with zero attached hydrogens (tertiary/aromatic N) is 1. The molecule has 15 heavy (non-hydrogen) atoms. The van der Waals surface area contributed by atoms with Gasteiger partial charge in [0, 0.05) is 17.0 Å². The predicted octanol–water partition coefficient (Wildman–Crippen LogP) is 2.97. The molecular formula is C11H12N2OS. The van der Waals surface area contributed by atoms with E-state index in [1.54, 1.807) is 24.0 Å². The van der Waals surface area contributed by atoms with Gasteiger partial charge in [0.1, 0.15) is 5.75 Å². The number of hydrogen-bond acceptors (Lipinski definition) is 3. The van der Waals surface area contributed by atoms with Gasteiger partial charge >= 0.3 is 0 Å². The Morgan fingerprint density at radius 2 is 2.13 bits per heavy atom. The van der Waals surface area contributed by atoms with E-state index < -0.39 is 0 Å². The van der Waals surface area contributed by atoms with Crippen molar-refractivity contribution in [3.05, 3.63) is 42.1 Å². The standard InChI is InChI=1S/C11H12N2OS/c1-8(15-11-6-7-12-13-11)9-4-2-3-5-10(9)14/h2-8,14H,1H3,(H,12,13). The smallest absolute Gasteiger partial charge is 0.119 e. The molecule has 1 aromatic heterocycles. The number of thioether (sulfide) groups is 1.